The predicted octanol–water partition coefficient (Wildman–Crippen LogP) is 3.49. The molecule has 3 rings (SSSR count). The minimum Gasteiger partial charge on any atom is -0.478 e. The van der Waals surface area contributed by atoms with Crippen molar-refractivity contribution in [3.05, 3.63) is 65.9 Å². The maximum atomic E-state index is 13.6. The Morgan fingerprint density at radius 1 is 1.18 bits per heavy atom. The van der Waals surface area contributed by atoms with E-state index >= 15 is 0 Å². The third-order valence-electron chi connectivity index (χ3n) is 3.60. The Bertz CT molecular complexity index is 1050. The van der Waals surface area contributed by atoms with E-state index in [1.165, 1.54) is 55.6 Å². The first-order valence-corrected chi connectivity index (χ1v) is 10.5. The number of aromatic nitrogens is 1. The van der Waals surface area contributed by atoms with Crippen molar-refractivity contribution < 1.29 is 22.3 Å². The zero-order valence-electron chi connectivity index (χ0n) is 14.6. The van der Waals surface area contributed by atoms with Crippen LogP contribution in [0, 0.1) is 5.82 Å². The summed E-state index contributed by atoms with van der Waals surface area (Å²) in [6.45, 7) is 1.48. The van der Waals surface area contributed by atoms with Crippen molar-refractivity contribution >= 4 is 38.1 Å². The van der Waals surface area contributed by atoms with Gasteiger partial charge in [0.15, 0.2) is 22.8 Å². The average molecular weight is 421 g/mol. The summed E-state index contributed by atoms with van der Waals surface area (Å²) in [6.07, 6.45) is 0.540. The molecule has 0 saturated carbocycles. The number of nitrogens with one attached hydrogen (secondary N) is 2. The second-order valence-corrected chi connectivity index (χ2v) is 8.22. The summed E-state index contributed by atoms with van der Waals surface area (Å²) in [5, 5.41) is 4.51. The van der Waals surface area contributed by atoms with Crippen LogP contribution in [0.1, 0.15) is 6.92 Å². The number of anilines is 2. The van der Waals surface area contributed by atoms with Crippen LogP contribution >= 0.6 is 11.3 Å². The minimum atomic E-state index is -3.77. The number of hydrogen-bond acceptors (Lipinski definition) is 6. The van der Waals surface area contributed by atoms with E-state index in [0.717, 1.165) is 11.3 Å². The molecule has 146 valence electrons. The maximum absolute atomic E-state index is 13.6. The van der Waals surface area contributed by atoms with E-state index in [0.29, 0.717) is 5.69 Å². The summed E-state index contributed by atoms with van der Waals surface area (Å²) in [4.78, 5) is 16.1. The van der Waals surface area contributed by atoms with Crippen molar-refractivity contribution in [1.82, 2.24) is 4.98 Å². The second kappa shape index (κ2) is 8.36. The zero-order valence-corrected chi connectivity index (χ0v) is 16.3. The molecule has 1 amide bonds. The summed E-state index contributed by atoms with van der Waals surface area (Å²) >= 11 is 1.16. The molecule has 0 radical (unpaired) electrons. The fourth-order valence-electron chi connectivity index (χ4n) is 2.19. The molecule has 3 aromatic rings. The van der Waals surface area contributed by atoms with Gasteiger partial charge < -0.3 is 10.1 Å². The number of halogens is 1. The van der Waals surface area contributed by atoms with Crippen LogP contribution in [0.5, 0.6) is 5.75 Å². The lowest BCUT2D eigenvalue weighted by Crippen LogP contribution is -2.30. The van der Waals surface area contributed by atoms with Crippen LogP contribution in [0.2, 0.25) is 0 Å². The highest BCUT2D eigenvalue weighted by molar-refractivity contribution is 7.93. The quantitative estimate of drug-likeness (QED) is 0.609. The first-order valence-electron chi connectivity index (χ1n) is 8.09. The van der Waals surface area contributed by atoms with Crippen LogP contribution in [0.25, 0.3) is 0 Å². The van der Waals surface area contributed by atoms with Crippen LogP contribution in [0.3, 0.4) is 0 Å². The van der Waals surface area contributed by atoms with Gasteiger partial charge in [0.05, 0.1) is 4.90 Å². The molecule has 0 spiro atoms. The molecule has 1 atom stereocenters. The Kier molecular flexibility index (Phi) is 5.90. The predicted molar refractivity (Wildman–Crippen MR) is 104 cm³/mol. The molecule has 0 aliphatic heterocycles. The van der Waals surface area contributed by atoms with Gasteiger partial charge in [0.25, 0.3) is 15.9 Å². The first-order chi connectivity index (χ1) is 13.3. The van der Waals surface area contributed by atoms with E-state index in [-0.39, 0.29) is 15.8 Å². The second-order valence-electron chi connectivity index (χ2n) is 5.65. The molecule has 1 heterocycles. The lowest BCUT2D eigenvalue weighted by atomic mass is 10.3. The molecule has 7 nitrogen and oxygen atoms in total. The summed E-state index contributed by atoms with van der Waals surface area (Å²) in [5.74, 6) is -1.09. The van der Waals surface area contributed by atoms with Crippen LogP contribution in [-0.2, 0) is 14.8 Å². The SMILES string of the molecule is CC(Oc1ccccc1F)C(=O)Nc1ccc(S(=O)(=O)Nc2nccs2)cc1. The molecule has 28 heavy (non-hydrogen) atoms. The summed E-state index contributed by atoms with van der Waals surface area (Å²) in [7, 11) is -3.77. The number of ether oxygens (including phenoxy) is 1. The summed E-state index contributed by atoms with van der Waals surface area (Å²) < 4.78 is 45.9. The van der Waals surface area contributed by atoms with Gasteiger partial charge in [0, 0.05) is 17.3 Å². The number of amides is 1. The van der Waals surface area contributed by atoms with Crippen LogP contribution in [0.15, 0.2) is 65.0 Å². The van der Waals surface area contributed by atoms with Gasteiger partial charge in [0.1, 0.15) is 0 Å². The number of thiazole rings is 1. The highest BCUT2D eigenvalue weighted by Gasteiger charge is 2.18. The Balaban J connectivity index is 1.63. The van der Waals surface area contributed by atoms with Crippen LogP contribution in [0.4, 0.5) is 15.2 Å². The number of para-hydroxylation sites is 1. The fourth-order valence-corrected chi connectivity index (χ4v) is 3.98. The van der Waals surface area contributed by atoms with Gasteiger partial charge in [-0.2, -0.15) is 0 Å². The van der Waals surface area contributed by atoms with E-state index in [4.69, 9.17) is 4.74 Å². The van der Waals surface area contributed by atoms with Gasteiger partial charge in [0.2, 0.25) is 0 Å². The number of carbonyl (C=O) groups excluding carboxylic acids is 1. The molecule has 0 aliphatic rings. The Labute approximate surface area is 165 Å². The number of carbonyl (C=O) groups is 1. The molecule has 0 fully saturated rings. The van der Waals surface area contributed by atoms with Crippen molar-refractivity contribution in [3.8, 4) is 5.75 Å². The third kappa shape index (κ3) is 4.84. The van der Waals surface area contributed by atoms with E-state index in [1.54, 1.807) is 11.4 Å². The normalized spacial score (nSPS) is 12.2. The molecule has 1 unspecified atom stereocenters. The Morgan fingerprint density at radius 3 is 2.54 bits per heavy atom. The standard InChI is InChI=1S/C18H16FN3O4S2/c1-12(26-16-5-3-2-4-15(16)19)17(23)21-13-6-8-14(9-7-13)28(24,25)22-18-20-10-11-27-18/h2-12H,1H3,(H,20,22)(H,21,23). The van der Waals surface area contributed by atoms with Gasteiger partial charge in [-0.15, -0.1) is 11.3 Å². The van der Waals surface area contributed by atoms with Crippen molar-refractivity contribution in [2.24, 2.45) is 0 Å². The van der Waals surface area contributed by atoms with Crippen LogP contribution < -0.4 is 14.8 Å². The molecule has 1 aromatic heterocycles. The topological polar surface area (TPSA) is 97.4 Å². The molecule has 10 heteroatoms. The molecule has 2 aromatic carbocycles. The van der Waals surface area contributed by atoms with Gasteiger partial charge in [-0.05, 0) is 43.3 Å². The van der Waals surface area contributed by atoms with Gasteiger partial charge >= 0.3 is 0 Å². The highest BCUT2D eigenvalue weighted by Crippen LogP contribution is 2.20. The van der Waals surface area contributed by atoms with Gasteiger partial charge in [-0.3, -0.25) is 9.52 Å². The van der Waals surface area contributed by atoms with E-state index in [1.807, 2.05) is 0 Å². The lowest BCUT2D eigenvalue weighted by molar-refractivity contribution is -0.122. The van der Waals surface area contributed by atoms with E-state index < -0.39 is 27.9 Å². The highest BCUT2D eigenvalue weighted by atomic mass is 32.2. The summed E-state index contributed by atoms with van der Waals surface area (Å²) in [5.41, 5.74) is 0.377. The smallest absolute Gasteiger partial charge is 0.265 e. The van der Waals surface area contributed by atoms with Gasteiger partial charge in [-0.25, -0.2) is 17.8 Å². The first kappa shape index (κ1) is 19.8. The number of hydrogen-bond donors (Lipinski definition) is 2. The lowest BCUT2D eigenvalue weighted by Gasteiger charge is -2.15. The number of sulfonamides is 1. The number of benzene rings is 2. The van der Waals surface area contributed by atoms with Crippen molar-refractivity contribution in [2.45, 2.75) is 17.9 Å². The third-order valence-corrected chi connectivity index (χ3v) is 5.77. The minimum absolute atomic E-state index is 0.0244. The van der Waals surface area contributed by atoms with Crippen molar-refractivity contribution in [1.29, 1.82) is 0 Å². The van der Waals surface area contributed by atoms with Crippen molar-refractivity contribution in [2.75, 3.05) is 10.0 Å². The molecule has 0 bridgehead atoms. The van der Waals surface area contributed by atoms with E-state index in [9.17, 15) is 17.6 Å². The number of rotatable bonds is 7. The largest absolute Gasteiger partial charge is 0.478 e. The van der Waals surface area contributed by atoms with Crippen LogP contribution in [-0.4, -0.2) is 25.4 Å². The van der Waals surface area contributed by atoms with E-state index in [2.05, 4.69) is 15.0 Å². The monoisotopic (exact) mass is 421 g/mol. The Morgan fingerprint density at radius 2 is 1.89 bits per heavy atom. The molecule has 0 saturated heterocycles. The number of nitrogens with zero attached hydrogens (tertiary/aromatic N) is 1. The maximum Gasteiger partial charge on any atom is 0.265 e. The molecule has 2 N–H and O–H groups in total. The molecular formula is C18H16FN3O4S2. The average Bonchev–Trinajstić information content (AvgIpc) is 3.16. The van der Waals surface area contributed by atoms with Crippen molar-refractivity contribution in [3.63, 3.8) is 0 Å². The van der Waals surface area contributed by atoms with Gasteiger partial charge in [-0.1, -0.05) is 12.1 Å². The molecule has 0 aliphatic carbocycles. The zero-order chi connectivity index (χ0) is 20.1. The molecular weight excluding hydrogens is 405 g/mol. The summed E-state index contributed by atoms with van der Waals surface area (Å²) in [6, 6.07) is 11.4. The fraction of sp³-hybridized carbons (Fsp3) is 0.111. The Hall–Kier alpha value is -2.98.